The molecular weight excluding hydrogens is 386 g/mol. The topological polar surface area (TPSA) is 71.8 Å². The van der Waals surface area contributed by atoms with Gasteiger partial charge < -0.3 is 10.7 Å². The second-order valence-electron chi connectivity index (χ2n) is 4.31. The number of primary amides is 1. The number of fused-ring (bicyclic) bond motifs is 1. The van der Waals surface area contributed by atoms with Crippen LogP contribution in [0, 0.1) is 0 Å². The van der Waals surface area contributed by atoms with E-state index in [9.17, 15) is 4.79 Å². The number of aromatic nitrogens is 2. The average molecular weight is 395 g/mol. The number of benzene rings is 2. The molecule has 0 aliphatic rings. The summed E-state index contributed by atoms with van der Waals surface area (Å²) in [6.45, 7) is 0. The molecule has 0 fully saturated rings. The number of imidazole rings is 1. The lowest BCUT2D eigenvalue weighted by Gasteiger charge is -1.97. The number of carbonyl (C=O) groups excluding carboxylic acids is 1. The van der Waals surface area contributed by atoms with Gasteiger partial charge in [-0.1, -0.05) is 28.1 Å². The standard InChI is InChI=1S/C14H9Br2N3O/c15-9-3-1-7(2-4-9)14-18-11-6-8(13(17)20)5-10(16)12(11)19-14/h1-6H,(H2,17,20)(H,18,19). The van der Waals surface area contributed by atoms with E-state index in [1.807, 2.05) is 24.3 Å². The van der Waals surface area contributed by atoms with Gasteiger partial charge in [-0.2, -0.15) is 0 Å². The summed E-state index contributed by atoms with van der Waals surface area (Å²) in [4.78, 5) is 19.0. The van der Waals surface area contributed by atoms with Crippen molar-refractivity contribution in [2.45, 2.75) is 0 Å². The van der Waals surface area contributed by atoms with Crippen LogP contribution in [0.3, 0.4) is 0 Å². The molecule has 0 saturated carbocycles. The molecule has 1 amide bonds. The number of nitrogens with two attached hydrogens (primary N) is 1. The summed E-state index contributed by atoms with van der Waals surface area (Å²) in [6, 6.07) is 11.2. The zero-order chi connectivity index (χ0) is 14.3. The molecule has 4 nitrogen and oxygen atoms in total. The Morgan fingerprint density at radius 2 is 1.85 bits per heavy atom. The molecule has 1 heterocycles. The summed E-state index contributed by atoms with van der Waals surface area (Å²) in [5.74, 6) is 0.280. The Bertz CT molecular complexity index is 809. The van der Waals surface area contributed by atoms with E-state index in [1.165, 1.54) is 0 Å². The summed E-state index contributed by atoms with van der Waals surface area (Å²) in [7, 11) is 0. The Kier molecular flexibility index (Phi) is 3.35. The predicted molar refractivity (Wildman–Crippen MR) is 85.4 cm³/mol. The molecule has 20 heavy (non-hydrogen) atoms. The van der Waals surface area contributed by atoms with Crippen LogP contribution < -0.4 is 5.73 Å². The Hall–Kier alpha value is -1.66. The van der Waals surface area contributed by atoms with E-state index in [2.05, 4.69) is 41.8 Å². The van der Waals surface area contributed by atoms with Crippen LogP contribution >= 0.6 is 31.9 Å². The Labute approximate surface area is 131 Å². The van der Waals surface area contributed by atoms with Gasteiger partial charge in [-0.25, -0.2) is 4.98 Å². The maximum atomic E-state index is 11.3. The van der Waals surface area contributed by atoms with Crippen LogP contribution in [-0.2, 0) is 0 Å². The smallest absolute Gasteiger partial charge is 0.248 e. The van der Waals surface area contributed by atoms with Gasteiger partial charge in [-0.05, 0) is 40.2 Å². The third-order valence-electron chi connectivity index (χ3n) is 2.94. The van der Waals surface area contributed by atoms with Crippen molar-refractivity contribution in [3.05, 3.63) is 50.9 Å². The Morgan fingerprint density at radius 1 is 1.15 bits per heavy atom. The third-order valence-corrected chi connectivity index (χ3v) is 4.08. The molecule has 0 bridgehead atoms. The molecule has 100 valence electrons. The molecular formula is C14H9Br2N3O. The number of hydrogen-bond donors (Lipinski definition) is 2. The van der Waals surface area contributed by atoms with E-state index in [1.54, 1.807) is 12.1 Å². The quantitative estimate of drug-likeness (QED) is 0.692. The number of nitrogens with zero attached hydrogens (tertiary/aromatic N) is 1. The molecule has 0 aliphatic carbocycles. The highest BCUT2D eigenvalue weighted by Gasteiger charge is 2.11. The second-order valence-corrected chi connectivity index (χ2v) is 6.08. The number of H-pyrrole nitrogens is 1. The van der Waals surface area contributed by atoms with Crippen molar-refractivity contribution in [3.8, 4) is 11.4 Å². The highest BCUT2D eigenvalue weighted by atomic mass is 79.9. The first-order chi connectivity index (χ1) is 9.54. The van der Waals surface area contributed by atoms with E-state index >= 15 is 0 Å². The van der Waals surface area contributed by atoms with Gasteiger partial charge in [-0.3, -0.25) is 4.79 Å². The zero-order valence-corrected chi connectivity index (χ0v) is 13.3. The van der Waals surface area contributed by atoms with Crippen LogP contribution in [0.15, 0.2) is 45.3 Å². The van der Waals surface area contributed by atoms with Crippen LogP contribution in [0.4, 0.5) is 0 Å². The fourth-order valence-electron chi connectivity index (χ4n) is 1.96. The summed E-state index contributed by atoms with van der Waals surface area (Å²) in [6.07, 6.45) is 0. The molecule has 3 aromatic rings. The minimum absolute atomic E-state index is 0.440. The number of aromatic amines is 1. The first kappa shape index (κ1) is 13.3. The minimum atomic E-state index is -0.465. The molecule has 0 atom stereocenters. The van der Waals surface area contributed by atoms with Gasteiger partial charge in [-0.15, -0.1) is 0 Å². The van der Waals surface area contributed by atoms with Gasteiger partial charge in [0.15, 0.2) is 0 Å². The van der Waals surface area contributed by atoms with Gasteiger partial charge in [0, 0.05) is 20.1 Å². The SMILES string of the molecule is NC(=O)c1cc(Br)c2nc(-c3ccc(Br)cc3)[nH]c2c1. The van der Waals surface area contributed by atoms with Crippen molar-refractivity contribution in [3.63, 3.8) is 0 Å². The fraction of sp³-hybridized carbons (Fsp3) is 0. The minimum Gasteiger partial charge on any atom is -0.366 e. The lowest BCUT2D eigenvalue weighted by Crippen LogP contribution is -2.10. The molecule has 3 N–H and O–H groups in total. The van der Waals surface area contributed by atoms with Gasteiger partial charge in [0.1, 0.15) is 11.3 Å². The van der Waals surface area contributed by atoms with Gasteiger partial charge in [0.05, 0.1) is 5.52 Å². The Balaban J connectivity index is 2.17. The van der Waals surface area contributed by atoms with Gasteiger partial charge in [0.25, 0.3) is 0 Å². The van der Waals surface area contributed by atoms with Crippen molar-refractivity contribution < 1.29 is 4.79 Å². The lowest BCUT2D eigenvalue weighted by molar-refractivity contribution is 0.100. The largest absolute Gasteiger partial charge is 0.366 e. The fourth-order valence-corrected chi connectivity index (χ4v) is 2.78. The molecule has 6 heteroatoms. The van der Waals surface area contributed by atoms with Crippen LogP contribution in [0.25, 0.3) is 22.4 Å². The molecule has 0 aliphatic heterocycles. The molecule has 0 unspecified atom stereocenters. The monoisotopic (exact) mass is 393 g/mol. The van der Waals surface area contributed by atoms with Crippen molar-refractivity contribution >= 4 is 48.8 Å². The van der Waals surface area contributed by atoms with Gasteiger partial charge >= 0.3 is 0 Å². The molecule has 3 rings (SSSR count). The molecule has 0 radical (unpaired) electrons. The van der Waals surface area contributed by atoms with E-state index in [0.29, 0.717) is 5.56 Å². The first-order valence-electron chi connectivity index (χ1n) is 5.79. The van der Waals surface area contributed by atoms with Crippen molar-refractivity contribution in [2.75, 3.05) is 0 Å². The van der Waals surface area contributed by atoms with Crippen molar-refractivity contribution in [2.24, 2.45) is 5.73 Å². The lowest BCUT2D eigenvalue weighted by atomic mass is 10.2. The third kappa shape index (κ3) is 2.36. The molecule has 1 aromatic heterocycles. The number of amides is 1. The van der Waals surface area contributed by atoms with Crippen LogP contribution in [0.5, 0.6) is 0 Å². The number of nitrogens with one attached hydrogen (secondary N) is 1. The summed E-state index contributed by atoms with van der Waals surface area (Å²) in [5.41, 5.74) is 8.26. The number of rotatable bonds is 2. The van der Waals surface area contributed by atoms with E-state index in [-0.39, 0.29) is 0 Å². The summed E-state index contributed by atoms with van der Waals surface area (Å²) in [5, 5.41) is 0. The zero-order valence-electron chi connectivity index (χ0n) is 10.2. The van der Waals surface area contributed by atoms with Gasteiger partial charge in [0.2, 0.25) is 5.91 Å². The average Bonchev–Trinajstić information content (AvgIpc) is 2.84. The number of hydrogen-bond acceptors (Lipinski definition) is 2. The van der Waals surface area contributed by atoms with Crippen LogP contribution in [0.1, 0.15) is 10.4 Å². The summed E-state index contributed by atoms with van der Waals surface area (Å²) < 4.78 is 1.75. The van der Waals surface area contributed by atoms with Crippen molar-refractivity contribution in [1.82, 2.24) is 9.97 Å². The maximum absolute atomic E-state index is 11.3. The molecule has 0 saturated heterocycles. The van der Waals surface area contributed by atoms with Crippen LogP contribution in [-0.4, -0.2) is 15.9 Å². The molecule has 0 spiro atoms. The van der Waals surface area contributed by atoms with Crippen molar-refractivity contribution in [1.29, 1.82) is 0 Å². The highest BCUT2D eigenvalue weighted by molar-refractivity contribution is 9.11. The first-order valence-corrected chi connectivity index (χ1v) is 7.38. The van der Waals surface area contributed by atoms with E-state index in [4.69, 9.17) is 5.73 Å². The maximum Gasteiger partial charge on any atom is 0.248 e. The highest BCUT2D eigenvalue weighted by Crippen LogP contribution is 2.28. The second kappa shape index (κ2) is 5.03. The number of halogens is 2. The Morgan fingerprint density at radius 3 is 2.50 bits per heavy atom. The van der Waals surface area contributed by atoms with Crippen LogP contribution in [0.2, 0.25) is 0 Å². The van der Waals surface area contributed by atoms with E-state index < -0.39 is 5.91 Å². The molecule has 2 aromatic carbocycles. The normalized spacial score (nSPS) is 10.9. The number of carbonyl (C=O) groups is 1. The predicted octanol–water partition coefficient (Wildman–Crippen LogP) is 3.85. The van der Waals surface area contributed by atoms with E-state index in [0.717, 1.165) is 31.4 Å². The summed E-state index contributed by atoms with van der Waals surface area (Å²) >= 11 is 6.82.